The summed E-state index contributed by atoms with van der Waals surface area (Å²) < 4.78 is 11.1. The minimum Gasteiger partial charge on any atom is -0.459 e. The predicted octanol–water partition coefficient (Wildman–Crippen LogP) is 4.54. The first kappa shape index (κ1) is 15.4. The average Bonchev–Trinajstić information content (AvgIpc) is 3.42. The van der Waals surface area contributed by atoms with Crippen molar-refractivity contribution in [1.29, 1.82) is 0 Å². The maximum absolute atomic E-state index is 5.81. The topological polar surface area (TPSA) is 71.1 Å². The zero-order chi connectivity index (χ0) is 17.3. The Labute approximate surface area is 150 Å². The van der Waals surface area contributed by atoms with E-state index in [1.807, 2.05) is 12.1 Å². The van der Waals surface area contributed by atoms with Crippen LogP contribution in [0.4, 0.5) is 0 Å². The molecule has 1 saturated heterocycles. The molecule has 6 heteroatoms. The molecular formula is C20H20N4O2. The van der Waals surface area contributed by atoms with Gasteiger partial charge in [0, 0.05) is 11.2 Å². The first-order chi connectivity index (χ1) is 12.9. The molecule has 132 valence electrons. The number of rotatable bonds is 4. The van der Waals surface area contributed by atoms with Crippen LogP contribution in [0.2, 0.25) is 0 Å². The van der Waals surface area contributed by atoms with E-state index in [9.17, 15) is 0 Å². The van der Waals surface area contributed by atoms with Crippen molar-refractivity contribution in [3.05, 3.63) is 60.3 Å². The van der Waals surface area contributed by atoms with Crippen molar-refractivity contribution in [2.75, 3.05) is 6.54 Å². The third-order valence-corrected chi connectivity index (χ3v) is 5.06. The second-order valence-corrected chi connectivity index (χ2v) is 6.77. The number of furan rings is 1. The van der Waals surface area contributed by atoms with E-state index in [0.717, 1.165) is 13.0 Å². The summed E-state index contributed by atoms with van der Waals surface area (Å²) in [5.41, 5.74) is 2.45. The molecule has 0 radical (unpaired) electrons. The van der Waals surface area contributed by atoms with E-state index in [1.165, 1.54) is 29.4 Å². The van der Waals surface area contributed by atoms with Crippen LogP contribution in [0.25, 0.3) is 22.6 Å². The van der Waals surface area contributed by atoms with Crippen molar-refractivity contribution in [2.45, 2.75) is 31.8 Å². The van der Waals surface area contributed by atoms with Gasteiger partial charge in [-0.25, -0.2) is 0 Å². The molecule has 3 aromatic heterocycles. The number of nitrogens with zero attached hydrogens (tertiary/aromatic N) is 3. The van der Waals surface area contributed by atoms with Gasteiger partial charge in [-0.05, 0) is 49.0 Å². The maximum Gasteiger partial charge on any atom is 0.283 e. The van der Waals surface area contributed by atoms with Gasteiger partial charge in [0.1, 0.15) is 0 Å². The minimum atomic E-state index is 0.343. The summed E-state index contributed by atoms with van der Waals surface area (Å²) in [6, 6.07) is 14.7. The van der Waals surface area contributed by atoms with E-state index >= 15 is 0 Å². The van der Waals surface area contributed by atoms with Gasteiger partial charge in [-0.3, -0.25) is 4.90 Å². The maximum atomic E-state index is 5.81. The Morgan fingerprint density at radius 1 is 1.12 bits per heavy atom. The molecule has 6 nitrogen and oxygen atoms in total. The molecule has 5 rings (SSSR count). The molecule has 1 atom stereocenters. The fourth-order valence-corrected chi connectivity index (χ4v) is 3.80. The zero-order valence-corrected chi connectivity index (χ0v) is 14.4. The van der Waals surface area contributed by atoms with Gasteiger partial charge in [0.2, 0.25) is 5.89 Å². The average molecular weight is 348 g/mol. The highest BCUT2D eigenvalue weighted by molar-refractivity contribution is 5.80. The summed E-state index contributed by atoms with van der Waals surface area (Å²) in [5.74, 6) is 1.66. The van der Waals surface area contributed by atoms with Gasteiger partial charge in [-0.2, -0.15) is 0 Å². The summed E-state index contributed by atoms with van der Waals surface area (Å²) in [4.78, 5) is 6.01. The van der Waals surface area contributed by atoms with E-state index in [2.05, 4.69) is 50.4 Å². The summed E-state index contributed by atoms with van der Waals surface area (Å²) in [6.45, 7) is 1.67. The number of para-hydroxylation sites is 1. The minimum absolute atomic E-state index is 0.343. The van der Waals surface area contributed by atoms with Crippen molar-refractivity contribution in [3.8, 4) is 11.7 Å². The molecule has 0 aliphatic carbocycles. The van der Waals surface area contributed by atoms with Crippen LogP contribution in [0.1, 0.15) is 36.9 Å². The number of fused-ring (bicyclic) bond motifs is 1. The smallest absolute Gasteiger partial charge is 0.283 e. The van der Waals surface area contributed by atoms with E-state index < -0.39 is 0 Å². The number of hydrogen-bond donors (Lipinski definition) is 1. The van der Waals surface area contributed by atoms with Crippen LogP contribution >= 0.6 is 0 Å². The first-order valence-electron chi connectivity index (χ1n) is 9.05. The Morgan fingerprint density at radius 2 is 2.08 bits per heavy atom. The largest absolute Gasteiger partial charge is 0.459 e. The molecule has 1 N–H and O–H groups in total. The van der Waals surface area contributed by atoms with Crippen LogP contribution in [0, 0.1) is 0 Å². The number of benzene rings is 1. The number of H-pyrrole nitrogens is 1. The van der Waals surface area contributed by atoms with Crippen LogP contribution in [-0.2, 0) is 6.54 Å². The third-order valence-electron chi connectivity index (χ3n) is 5.06. The number of piperidine rings is 1. The molecule has 0 unspecified atom stereocenters. The van der Waals surface area contributed by atoms with Gasteiger partial charge >= 0.3 is 0 Å². The second kappa shape index (κ2) is 6.46. The van der Waals surface area contributed by atoms with Crippen molar-refractivity contribution in [1.82, 2.24) is 20.1 Å². The molecule has 1 aromatic carbocycles. The highest BCUT2D eigenvalue weighted by Gasteiger charge is 2.27. The van der Waals surface area contributed by atoms with Crippen molar-refractivity contribution >= 4 is 10.9 Å². The number of nitrogens with one attached hydrogen (secondary N) is 1. The van der Waals surface area contributed by atoms with Gasteiger partial charge in [-0.15, -0.1) is 10.2 Å². The van der Waals surface area contributed by atoms with Crippen LogP contribution < -0.4 is 0 Å². The van der Waals surface area contributed by atoms with Gasteiger partial charge in [0.15, 0.2) is 5.76 Å². The van der Waals surface area contributed by atoms with E-state index in [0.29, 0.717) is 30.1 Å². The van der Waals surface area contributed by atoms with E-state index in [-0.39, 0.29) is 0 Å². The normalized spacial score (nSPS) is 18.5. The fraction of sp³-hybridized carbons (Fsp3) is 0.300. The van der Waals surface area contributed by atoms with E-state index in [4.69, 9.17) is 8.83 Å². The molecule has 1 fully saturated rings. The lowest BCUT2D eigenvalue weighted by molar-refractivity contribution is 0.125. The van der Waals surface area contributed by atoms with Gasteiger partial charge in [0.05, 0.1) is 18.8 Å². The SMILES string of the molecule is c1coc(-c2nnc(CN3CCCC[C@H]3c3cc4ccccc4[nH]3)o2)c1. The molecule has 26 heavy (non-hydrogen) atoms. The highest BCUT2D eigenvalue weighted by Crippen LogP contribution is 2.33. The third kappa shape index (κ3) is 2.82. The molecule has 0 saturated carbocycles. The van der Waals surface area contributed by atoms with Crippen LogP contribution in [0.3, 0.4) is 0 Å². The van der Waals surface area contributed by atoms with Crippen molar-refractivity contribution < 1.29 is 8.83 Å². The Bertz CT molecular complexity index is 969. The molecule has 0 amide bonds. The molecule has 0 spiro atoms. The quantitative estimate of drug-likeness (QED) is 0.586. The molecule has 0 bridgehead atoms. The van der Waals surface area contributed by atoms with Gasteiger partial charge in [0.25, 0.3) is 5.89 Å². The Hall–Kier alpha value is -2.86. The molecule has 4 aromatic rings. The summed E-state index contributed by atoms with van der Waals surface area (Å²) in [5, 5.41) is 9.58. The Morgan fingerprint density at radius 3 is 2.96 bits per heavy atom. The van der Waals surface area contributed by atoms with Crippen LogP contribution in [-0.4, -0.2) is 26.6 Å². The lowest BCUT2D eigenvalue weighted by atomic mass is 9.99. The number of aromatic nitrogens is 3. The van der Waals surface area contributed by atoms with Gasteiger partial charge in [-0.1, -0.05) is 24.6 Å². The van der Waals surface area contributed by atoms with Gasteiger partial charge < -0.3 is 13.8 Å². The second-order valence-electron chi connectivity index (χ2n) is 6.77. The number of likely N-dealkylation sites (tertiary alicyclic amines) is 1. The molecule has 4 heterocycles. The first-order valence-corrected chi connectivity index (χ1v) is 9.05. The summed E-state index contributed by atoms with van der Waals surface area (Å²) in [7, 11) is 0. The Balaban J connectivity index is 1.39. The van der Waals surface area contributed by atoms with Crippen LogP contribution in [0.5, 0.6) is 0 Å². The summed E-state index contributed by atoms with van der Waals surface area (Å²) in [6.07, 6.45) is 5.16. The highest BCUT2D eigenvalue weighted by atomic mass is 16.4. The zero-order valence-electron chi connectivity index (χ0n) is 14.4. The molecule has 1 aliphatic rings. The fourth-order valence-electron chi connectivity index (χ4n) is 3.80. The Kier molecular flexibility index (Phi) is 3.83. The molecule has 1 aliphatic heterocycles. The monoisotopic (exact) mass is 348 g/mol. The molecular weight excluding hydrogens is 328 g/mol. The standard InChI is InChI=1S/C20H20N4O2/c1-2-7-15-14(6-1)12-16(21-15)17-8-3-4-10-24(17)13-19-22-23-20(26-19)18-9-5-11-25-18/h1-2,5-7,9,11-12,17,21H,3-4,8,10,13H2/t17-/m0/s1. The number of aromatic amines is 1. The van der Waals surface area contributed by atoms with E-state index in [1.54, 1.807) is 6.26 Å². The predicted molar refractivity (Wildman–Crippen MR) is 97.3 cm³/mol. The lowest BCUT2D eigenvalue weighted by Crippen LogP contribution is -2.33. The van der Waals surface area contributed by atoms with Crippen molar-refractivity contribution in [2.24, 2.45) is 0 Å². The van der Waals surface area contributed by atoms with Crippen LogP contribution in [0.15, 0.2) is 57.6 Å². The van der Waals surface area contributed by atoms with Crippen molar-refractivity contribution in [3.63, 3.8) is 0 Å². The summed E-state index contributed by atoms with van der Waals surface area (Å²) >= 11 is 0. The number of hydrogen-bond acceptors (Lipinski definition) is 5. The lowest BCUT2D eigenvalue weighted by Gasteiger charge is -2.34.